The Hall–Kier alpha value is -2.79. The first-order chi connectivity index (χ1) is 12.7. The van der Waals surface area contributed by atoms with Gasteiger partial charge in [-0.2, -0.15) is 0 Å². The van der Waals surface area contributed by atoms with Crippen molar-refractivity contribution in [1.82, 2.24) is 4.57 Å². The van der Waals surface area contributed by atoms with E-state index in [1.807, 2.05) is 37.4 Å². The molecule has 0 saturated carbocycles. The molecule has 3 aromatic rings. The molecule has 0 amide bonds. The van der Waals surface area contributed by atoms with Gasteiger partial charge in [0.2, 0.25) is 0 Å². The minimum absolute atomic E-state index is 0.170. The van der Waals surface area contributed by atoms with Gasteiger partial charge in [-0.25, -0.2) is 4.39 Å². The molecule has 5 heteroatoms. The van der Waals surface area contributed by atoms with Crippen LogP contribution in [0.5, 0.6) is 5.75 Å². The van der Waals surface area contributed by atoms with Gasteiger partial charge < -0.3 is 18.9 Å². The number of halogens is 1. The van der Waals surface area contributed by atoms with E-state index in [1.54, 1.807) is 12.1 Å². The highest BCUT2D eigenvalue weighted by Gasteiger charge is 2.28. The van der Waals surface area contributed by atoms with Crippen LogP contribution >= 0.6 is 0 Å². The van der Waals surface area contributed by atoms with Crippen molar-refractivity contribution in [1.29, 1.82) is 0 Å². The van der Waals surface area contributed by atoms with Crippen LogP contribution in [0.15, 0.2) is 67.0 Å². The number of anilines is 1. The molecule has 4 nitrogen and oxygen atoms in total. The van der Waals surface area contributed by atoms with Gasteiger partial charge in [0.15, 0.2) is 6.23 Å². The molecule has 0 aliphatic carbocycles. The molecule has 4 rings (SSSR count). The molecule has 2 heterocycles. The summed E-state index contributed by atoms with van der Waals surface area (Å²) in [5.74, 6) is 0.621. The second kappa shape index (κ2) is 7.22. The van der Waals surface area contributed by atoms with Crippen LogP contribution in [0.3, 0.4) is 0 Å². The normalized spacial score (nSPS) is 16.8. The van der Waals surface area contributed by atoms with Gasteiger partial charge >= 0.3 is 0 Å². The van der Waals surface area contributed by atoms with Crippen molar-refractivity contribution in [3.8, 4) is 11.4 Å². The quantitative estimate of drug-likeness (QED) is 0.674. The van der Waals surface area contributed by atoms with Gasteiger partial charge in [0.1, 0.15) is 11.6 Å². The summed E-state index contributed by atoms with van der Waals surface area (Å²) in [4.78, 5) is 2.15. The van der Waals surface area contributed by atoms with Crippen molar-refractivity contribution < 1.29 is 13.9 Å². The highest BCUT2D eigenvalue weighted by atomic mass is 19.1. The Balaban J connectivity index is 1.59. The summed E-state index contributed by atoms with van der Waals surface area (Å²) in [6, 6.07) is 16.6. The highest BCUT2D eigenvalue weighted by molar-refractivity contribution is 5.49. The van der Waals surface area contributed by atoms with E-state index < -0.39 is 0 Å². The maximum Gasteiger partial charge on any atom is 0.158 e. The van der Waals surface area contributed by atoms with Crippen LogP contribution in [0.4, 0.5) is 10.1 Å². The number of nitrogens with zero attached hydrogens (tertiary/aromatic N) is 2. The molecule has 0 N–H and O–H groups in total. The van der Waals surface area contributed by atoms with E-state index in [2.05, 4.69) is 21.7 Å². The average Bonchev–Trinajstić information content (AvgIpc) is 3.32. The van der Waals surface area contributed by atoms with E-state index in [0.29, 0.717) is 13.2 Å². The molecular formula is C21H21FN2O2. The molecule has 2 aromatic carbocycles. The summed E-state index contributed by atoms with van der Waals surface area (Å²) in [6.07, 6.45) is 3.92. The van der Waals surface area contributed by atoms with Crippen molar-refractivity contribution in [3.05, 3.63) is 78.4 Å². The van der Waals surface area contributed by atoms with Crippen molar-refractivity contribution in [2.24, 2.45) is 0 Å². The summed E-state index contributed by atoms with van der Waals surface area (Å²) in [6.45, 7) is 4.04. The van der Waals surface area contributed by atoms with E-state index in [0.717, 1.165) is 29.2 Å². The molecule has 1 saturated heterocycles. The molecule has 0 spiro atoms. The number of rotatable bonds is 5. The van der Waals surface area contributed by atoms with Gasteiger partial charge in [-0.3, -0.25) is 0 Å². The van der Waals surface area contributed by atoms with E-state index in [9.17, 15) is 4.39 Å². The van der Waals surface area contributed by atoms with Crippen LogP contribution < -0.4 is 9.64 Å². The van der Waals surface area contributed by atoms with Gasteiger partial charge in [-0.05, 0) is 49.4 Å². The predicted molar refractivity (Wildman–Crippen MR) is 99.4 cm³/mol. The molecule has 134 valence electrons. The number of hydrogen-bond acceptors (Lipinski definition) is 3. The van der Waals surface area contributed by atoms with Crippen molar-refractivity contribution in [2.75, 3.05) is 24.7 Å². The predicted octanol–water partition coefficient (Wildman–Crippen LogP) is 4.55. The number of aromatic nitrogens is 1. The minimum atomic E-state index is -0.231. The van der Waals surface area contributed by atoms with E-state index >= 15 is 0 Å². The minimum Gasteiger partial charge on any atom is -0.494 e. The molecule has 26 heavy (non-hydrogen) atoms. The van der Waals surface area contributed by atoms with E-state index in [4.69, 9.17) is 9.47 Å². The molecule has 1 aromatic heterocycles. The lowest BCUT2D eigenvalue weighted by Gasteiger charge is -2.24. The first-order valence-electron chi connectivity index (χ1n) is 8.79. The molecule has 1 atom stereocenters. The Kier molecular flexibility index (Phi) is 4.63. The smallest absolute Gasteiger partial charge is 0.158 e. The van der Waals surface area contributed by atoms with Crippen LogP contribution in [0.2, 0.25) is 0 Å². The Morgan fingerprint density at radius 3 is 2.77 bits per heavy atom. The largest absolute Gasteiger partial charge is 0.494 e. The summed E-state index contributed by atoms with van der Waals surface area (Å²) in [5.41, 5.74) is 3.06. The second-order valence-electron chi connectivity index (χ2n) is 6.18. The molecule has 0 unspecified atom stereocenters. The van der Waals surface area contributed by atoms with Gasteiger partial charge in [0.25, 0.3) is 0 Å². The molecule has 0 radical (unpaired) electrons. The lowest BCUT2D eigenvalue weighted by molar-refractivity contribution is 0.114. The fourth-order valence-electron chi connectivity index (χ4n) is 3.26. The first-order valence-corrected chi connectivity index (χ1v) is 8.79. The van der Waals surface area contributed by atoms with Gasteiger partial charge in [0.05, 0.1) is 13.2 Å². The standard InChI is InChI=1S/C21H21FN2O2/c1-2-25-20-5-3-4-19(14-20)23-11-10-16(15-23)21-24(12-13-26-21)18-8-6-17(22)7-9-18/h3-11,14-15,21H,2,12-13H2,1H3/t21-/m1/s1. The number of benzene rings is 2. The van der Waals surface area contributed by atoms with Crippen LogP contribution in [0, 0.1) is 5.82 Å². The zero-order chi connectivity index (χ0) is 17.9. The number of ether oxygens (including phenoxy) is 2. The molecule has 0 bridgehead atoms. The summed E-state index contributed by atoms with van der Waals surface area (Å²) in [7, 11) is 0. The fourth-order valence-corrected chi connectivity index (χ4v) is 3.26. The SMILES string of the molecule is CCOc1cccc(-n2ccc([C@H]3OCCN3c3ccc(F)cc3)c2)c1. The van der Waals surface area contributed by atoms with E-state index in [-0.39, 0.29) is 12.0 Å². The van der Waals surface area contributed by atoms with Gasteiger partial charge in [0, 0.05) is 41.9 Å². The van der Waals surface area contributed by atoms with Crippen molar-refractivity contribution >= 4 is 5.69 Å². The van der Waals surface area contributed by atoms with Crippen molar-refractivity contribution in [3.63, 3.8) is 0 Å². The third-order valence-electron chi connectivity index (χ3n) is 4.48. The topological polar surface area (TPSA) is 26.6 Å². The highest BCUT2D eigenvalue weighted by Crippen LogP contribution is 2.33. The summed E-state index contributed by atoms with van der Waals surface area (Å²) < 4.78 is 26.8. The lowest BCUT2D eigenvalue weighted by atomic mass is 10.2. The number of hydrogen-bond donors (Lipinski definition) is 0. The second-order valence-corrected chi connectivity index (χ2v) is 6.18. The first kappa shape index (κ1) is 16.7. The Morgan fingerprint density at radius 2 is 1.96 bits per heavy atom. The third-order valence-corrected chi connectivity index (χ3v) is 4.48. The average molecular weight is 352 g/mol. The molecule has 1 fully saturated rings. The van der Waals surface area contributed by atoms with Crippen LogP contribution in [-0.2, 0) is 4.74 Å². The Labute approximate surface area is 152 Å². The zero-order valence-electron chi connectivity index (χ0n) is 14.6. The Morgan fingerprint density at radius 1 is 1.12 bits per heavy atom. The molecular weight excluding hydrogens is 331 g/mol. The maximum atomic E-state index is 13.2. The molecule has 1 aliphatic heterocycles. The van der Waals surface area contributed by atoms with E-state index in [1.165, 1.54) is 12.1 Å². The third kappa shape index (κ3) is 3.30. The summed E-state index contributed by atoms with van der Waals surface area (Å²) >= 11 is 0. The molecule has 1 aliphatic rings. The van der Waals surface area contributed by atoms with Crippen LogP contribution in [0.25, 0.3) is 5.69 Å². The maximum absolute atomic E-state index is 13.2. The van der Waals surface area contributed by atoms with Crippen molar-refractivity contribution in [2.45, 2.75) is 13.2 Å². The fraction of sp³-hybridized carbons (Fsp3) is 0.238. The van der Waals surface area contributed by atoms with Crippen LogP contribution in [0.1, 0.15) is 18.7 Å². The van der Waals surface area contributed by atoms with Gasteiger partial charge in [-0.1, -0.05) is 6.07 Å². The Bertz CT molecular complexity index is 876. The summed E-state index contributed by atoms with van der Waals surface area (Å²) in [5, 5.41) is 0. The van der Waals surface area contributed by atoms with Gasteiger partial charge in [-0.15, -0.1) is 0 Å². The monoisotopic (exact) mass is 352 g/mol. The lowest BCUT2D eigenvalue weighted by Crippen LogP contribution is -2.22. The van der Waals surface area contributed by atoms with Crippen LogP contribution in [-0.4, -0.2) is 24.3 Å². The zero-order valence-corrected chi connectivity index (χ0v) is 14.6.